The number of cyclic esters (lactones) is 1. The molecule has 0 aliphatic carbocycles. The maximum Gasteiger partial charge on any atom is 0.348 e. The van der Waals surface area contributed by atoms with Crippen molar-refractivity contribution in [3.8, 4) is 0 Å². The van der Waals surface area contributed by atoms with Crippen molar-refractivity contribution in [1.82, 2.24) is 5.32 Å². The summed E-state index contributed by atoms with van der Waals surface area (Å²) in [6.07, 6.45) is -1.79. The number of benzene rings is 2. The van der Waals surface area contributed by atoms with E-state index in [1.54, 1.807) is 24.3 Å². The number of ether oxygens (including phenoxy) is 2. The van der Waals surface area contributed by atoms with Crippen LogP contribution in [0.3, 0.4) is 0 Å². The van der Waals surface area contributed by atoms with Crippen LogP contribution in [0.25, 0.3) is 0 Å². The molecular formula is C20H19NO5. The summed E-state index contributed by atoms with van der Waals surface area (Å²) < 4.78 is 10.3. The molecule has 26 heavy (non-hydrogen) atoms. The second-order valence-electron chi connectivity index (χ2n) is 6.04. The molecule has 0 radical (unpaired) electrons. The van der Waals surface area contributed by atoms with Crippen LogP contribution in [0.15, 0.2) is 54.6 Å². The minimum atomic E-state index is -1.04. The van der Waals surface area contributed by atoms with Crippen molar-refractivity contribution in [1.29, 1.82) is 0 Å². The highest BCUT2D eigenvalue weighted by molar-refractivity contribution is 5.95. The Bertz CT molecular complexity index is 818. The Morgan fingerprint density at radius 3 is 2.62 bits per heavy atom. The maximum absolute atomic E-state index is 12.3. The van der Waals surface area contributed by atoms with Crippen LogP contribution in [0.5, 0.6) is 0 Å². The molecular weight excluding hydrogens is 334 g/mol. The molecule has 6 heteroatoms. The van der Waals surface area contributed by atoms with E-state index in [1.807, 2.05) is 30.3 Å². The molecule has 6 nitrogen and oxygen atoms in total. The molecule has 1 amide bonds. The molecule has 2 aromatic rings. The normalized spacial score (nSPS) is 16.8. The van der Waals surface area contributed by atoms with E-state index in [0.29, 0.717) is 12.1 Å². The number of esters is 2. The van der Waals surface area contributed by atoms with Crippen molar-refractivity contribution >= 4 is 17.8 Å². The number of carbonyl (C=O) groups excluding carboxylic acids is 3. The number of carbonyl (C=O) groups is 3. The van der Waals surface area contributed by atoms with Crippen molar-refractivity contribution < 1.29 is 23.9 Å². The van der Waals surface area contributed by atoms with Gasteiger partial charge < -0.3 is 14.8 Å². The SMILES string of the molecule is C[C@@H](OC(=O)[C@@H]1Cc2ccccc2C(=O)O1)C(=O)NCc1ccccc1. The fourth-order valence-corrected chi connectivity index (χ4v) is 2.70. The Morgan fingerprint density at radius 2 is 1.85 bits per heavy atom. The van der Waals surface area contributed by atoms with Gasteiger partial charge in [0.25, 0.3) is 5.91 Å². The number of nitrogens with one attached hydrogen (secondary N) is 1. The largest absolute Gasteiger partial charge is 0.450 e. The minimum absolute atomic E-state index is 0.235. The lowest BCUT2D eigenvalue weighted by Crippen LogP contribution is -2.41. The lowest BCUT2D eigenvalue weighted by Gasteiger charge is -2.24. The molecule has 1 N–H and O–H groups in total. The van der Waals surface area contributed by atoms with Gasteiger partial charge in [-0.2, -0.15) is 0 Å². The summed E-state index contributed by atoms with van der Waals surface area (Å²) in [5.74, 6) is -1.70. The molecule has 0 spiro atoms. The summed E-state index contributed by atoms with van der Waals surface area (Å²) in [6, 6.07) is 16.4. The lowest BCUT2D eigenvalue weighted by atomic mass is 9.99. The minimum Gasteiger partial charge on any atom is -0.450 e. The molecule has 1 aliphatic rings. The average Bonchev–Trinajstić information content (AvgIpc) is 2.66. The van der Waals surface area contributed by atoms with Crippen molar-refractivity contribution in [2.45, 2.75) is 32.1 Å². The summed E-state index contributed by atoms with van der Waals surface area (Å²) in [4.78, 5) is 36.3. The van der Waals surface area contributed by atoms with E-state index in [1.165, 1.54) is 6.92 Å². The predicted octanol–water partition coefficient (Wildman–Crippen LogP) is 2.02. The molecule has 134 valence electrons. The van der Waals surface area contributed by atoms with Gasteiger partial charge >= 0.3 is 11.9 Å². The maximum atomic E-state index is 12.3. The van der Waals surface area contributed by atoms with E-state index in [0.717, 1.165) is 11.1 Å². The highest BCUT2D eigenvalue weighted by atomic mass is 16.6. The zero-order valence-electron chi connectivity index (χ0n) is 14.3. The van der Waals surface area contributed by atoms with E-state index in [-0.39, 0.29) is 6.42 Å². The van der Waals surface area contributed by atoms with Crippen molar-refractivity contribution in [2.75, 3.05) is 0 Å². The number of fused-ring (bicyclic) bond motifs is 1. The molecule has 3 rings (SSSR count). The number of hydrogen-bond donors (Lipinski definition) is 1. The molecule has 1 heterocycles. The van der Waals surface area contributed by atoms with Gasteiger partial charge in [0, 0.05) is 13.0 Å². The van der Waals surface area contributed by atoms with E-state index in [4.69, 9.17) is 9.47 Å². The molecule has 0 bridgehead atoms. The van der Waals surface area contributed by atoms with Crippen molar-refractivity contribution in [2.24, 2.45) is 0 Å². The molecule has 0 saturated heterocycles. The van der Waals surface area contributed by atoms with Gasteiger partial charge in [0.15, 0.2) is 6.10 Å². The van der Waals surface area contributed by atoms with Crippen molar-refractivity contribution in [3.63, 3.8) is 0 Å². The van der Waals surface area contributed by atoms with Gasteiger partial charge in [-0.05, 0) is 24.1 Å². The fourth-order valence-electron chi connectivity index (χ4n) is 2.70. The van der Waals surface area contributed by atoms with Gasteiger partial charge in [-0.3, -0.25) is 4.79 Å². The summed E-state index contributed by atoms with van der Waals surface area (Å²) in [7, 11) is 0. The van der Waals surface area contributed by atoms with E-state index in [2.05, 4.69) is 5.32 Å². The second kappa shape index (κ2) is 7.82. The van der Waals surface area contributed by atoms with Gasteiger partial charge in [0.2, 0.25) is 6.10 Å². The number of hydrogen-bond acceptors (Lipinski definition) is 5. The third-order valence-electron chi connectivity index (χ3n) is 4.13. The van der Waals surface area contributed by atoms with Crippen LogP contribution in [0, 0.1) is 0 Å². The van der Waals surface area contributed by atoms with Crippen LogP contribution in [0.1, 0.15) is 28.4 Å². The molecule has 1 aliphatic heterocycles. The number of rotatable bonds is 5. The third kappa shape index (κ3) is 4.08. The first-order valence-electron chi connectivity index (χ1n) is 8.35. The quantitative estimate of drug-likeness (QED) is 0.832. The Balaban J connectivity index is 1.54. The summed E-state index contributed by atoms with van der Waals surface area (Å²) in [6.45, 7) is 1.82. The van der Waals surface area contributed by atoms with Gasteiger partial charge in [0.05, 0.1) is 5.56 Å². The third-order valence-corrected chi connectivity index (χ3v) is 4.13. The Morgan fingerprint density at radius 1 is 1.15 bits per heavy atom. The number of amides is 1. The molecule has 2 atom stereocenters. The monoisotopic (exact) mass is 353 g/mol. The standard InChI is InChI=1S/C20H19NO5/c1-13(18(22)21-12-14-7-3-2-4-8-14)25-20(24)17-11-15-9-5-6-10-16(15)19(23)26-17/h2-10,13,17H,11-12H2,1H3,(H,21,22)/t13-,17+/m1/s1. The first kappa shape index (κ1) is 17.7. The van der Waals surface area contributed by atoms with Crippen LogP contribution < -0.4 is 5.32 Å². The Labute approximate surface area is 151 Å². The van der Waals surface area contributed by atoms with Crippen LogP contribution in [0.2, 0.25) is 0 Å². The predicted molar refractivity (Wildman–Crippen MR) is 93.2 cm³/mol. The molecule has 0 fully saturated rings. The Hall–Kier alpha value is -3.15. The second-order valence-corrected chi connectivity index (χ2v) is 6.04. The van der Waals surface area contributed by atoms with E-state index in [9.17, 15) is 14.4 Å². The first-order chi connectivity index (χ1) is 12.5. The van der Waals surface area contributed by atoms with Crippen LogP contribution in [-0.2, 0) is 32.0 Å². The van der Waals surface area contributed by atoms with Gasteiger partial charge in [0.1, 0.15) is 0 Å². The molecule has 0 unspecified atom stereocenters. The molecule has 2 aromatic carbocycles. The first-order valence-corrected chi connectivity index (χ1v) is 8.35. The zero-order valence-corrected chi connectivity index (χ0v) is 14.3. The highest BCUT2D eigenvalue weighted by Crippen LogP contribution is 2.21. The zero-order chi connectivity index (χ0) is 18.5. The summed E-state index contributed by atoms with van der Waals surface area (Å²) >= 11 is 0. The van der Waals surface area contributed by atoms with Gasteiger partial charge in [-0.15, -0.1) is 0 Å². The fraction of sp³-hybridized carbons (Fsp3) is 0.250. The summed E-state index contributed by atoms with van der Waals surface area (Å²) in [5.41, 5.74) is 2.12. The molecule has 0 saturated carbocycles. The lowest BCUT2D eigenvalue weighted by molar-refractivity contribution is -0.163. The highest BCUT2D eigenvalue weighted by Gasteiger charge is 2.33. The van der Waals surface area contributed by atoms with E-state index < -0.39 is 30.1 Å². The van der Waals surface area contributed by atoms with Gasteiger partial charge in [-0.1, -0.05) is 48.5 Å². The topological polar surface area (TPSA) is 81.7 Å². The van der Waals surface area contributed by atoms with Crippen LogP contribution >= 0.6 is 0 Å². The van der Waals surface area contributed by atoms with Crippen LogP contribution in [-0.4, -0.2) is 30.1 Å². The average molecular weight is 353 g/mol. The van der Waals surface area contributed by atoms with Crippen LogP contribution in [0.4, 0.5) is 0 Å². The van der Waals surface area contributed by atoms with Gasteiger partial charge in [-0.25, -0.2) is 9.59 Å². The molecule has 0 aromatic heterocycles. The Kier molecular flexibility index (Phi) is 5.31. The summed E-state index contributed by atoms with van der Waals surface area (Å²) in [5, 5.41) is 2.71. The smallest absolute Gasteiger partial charge is 0.348 e. The van der Waals surface area contributed by atoms with E-state index >= 15 is 0 Å². The van der Waals surface area contributed by atoms with Crippen molar-refractivity contribution in [3.05, 3.63) is 71.3 Å².